The normalized spacial score (nSPS) is 12.7. The zero-order valence-corrected chi connectivity index (χ0v) is 4.44. The number of carbonyl (C=O) groups excluding carboxylic acids is 1. The Hall–Kier alpha value is -0.940. The Morgan fingerprint density at radius 3 is 2.00 bits per heavy atom. The van der Waals surface area contributed by atoms with Gasteiger partial charge in [0.1, 0.15) is 6.61 Å². The molecule has 0 amide bonds. The van der Waals surface area contributed by atoms with Crippen LogP contribution in [0.3, 0.4) is 0 Å². The zero-order chi connectivity index (χ0) is 7.44. The van der Waals surface area contributed by atoms with Gasteiger partial charge in [0, 0.05) is 0 Å². The molecule has 0 rings (SSSR count). The van der Waals surface area contributed by atoms with E-state index in [1.54, 1.807) is 0 Å². The Morgan fingerprint density at radius 2 is 1.89 bits per heavy atom. The van der Waals surface area contributed by atoms with Crippen molar-refractivity contribution in [3.8, 4) is 0 Å². The smallest absolute Gasteiger partial charge is 0.340 e. The van der Waals surface area contributed by atoms with Crippen molar-refractivity contribution in [1.82, 2.24) is 0 Å². The number of hydrogen-bond acceptors (Lipinski definition) is 4. The Bertz CT molecular complexity index is 129. The lowest BCUT2D eigenvalue weighted by molar-refractivity contribution is -0.153. The van der Waals surface area contributed by atoms with Crippen LogP contribution < -0.4 is 0 Å². The molecule has 0 aromatic rings. The van der Waals surface area contributed by atoms with Crippen molar-refractivity contribution in [3.05, 3.63) is 0 Å². The second kappa shape index (κ2) is 3.16. The first-order valence-corrected chi connectivity index (χ1v) is 2.14. The molecule has 0 saturated carbocycles. The molecule has 9 heavy (non-hydrogen) atoms. The molecule has 0 aromatic carbocycles. The second-order valence-corrected chi connectivity index (χ2v) is 1.37. The van der Waals surface area contributed by atoms with Gasteiger partial charge in [-0.2, -0.15) is 0 Å². The van der Waals surface area contributed by atoms with Crippen LogP contribution in [-0.2, 0) is 9.59 Å². The average molecular weight is 134 g/mol. The van der Waals surface area contributed by atoms with Gasteiger partial charge in [-0.1, -0.05) is 0 Å². The summed E-state index contributed by atoms with van der Waals surface area (Å²) < 4.78 is 0. The standard InChI is InChI=1S/C4H6O5/c5-1-2(6)3(7)4(8)9/h3,5,7H,1H2,(H,8,9)/t3-/m1/s1. The van der Waals surface area contributed by atoms with Crippen molar-refractivity contribution in [2.75, 3.05) is 6.61 Å². The molecular weight excluding hydrogens is 128 g/mol. The predicted molar refractivity (Wildman–Crippen MR) is 25.7 cm³/mol. The minimum atomic E-state index is -2.09. The maximum absolute atomic E-state index is 10.1. The summed E-state index contributed by atoms with van der Waals surface area (Å²) in [7, 11) is 0. The lowest BCUT2D eigenvalue weighted by Crippen LogP contribution is -2.31. The predicted octanol–water partition coefficient (Wildman–Crippen LogP) is -2.01. The van der Waals surface area contributed by atoms with Crippen LogP contribution in [0.25, 0.3) is 0 Å². The van der Waals surface area contributed by atoms with E-state index < -0.39 is 24.5 Å². The number of aliphatic carboxylic acids is 1. The van der Waals surface area contributed by atoms with Gasteiger partial charge in [-0.05, 0) is 0 Å². The highest BCUT2D eigenvalue weighted by molar-refractivity contribution is 6.01. The SMILES string of the molecule is O=C(O)[C@H](O)C(=O)CO. The van der Waals surface area contributed by atoms with E-state index in [1.807, 2.05) is 0 Å². The summed E-state index contributed by atoms with van der Waals surface area (Å²) in [4.78, 5) is 19.8. The van der Waals surface area contributed by atoms with Crippen LogP contribution in [0.4, 0.5) is 0 Å². The van der Waals surface area contributed by atoms with Crippen molar-refractivity contribution in [2.45, 2.75) is 6.10 Å². The summed E-state index contributed by atoms with van der Waals surface area (Å²) in [5.74, 6) is -2.75. The van der Waals surface area contributed by atoms with E-state index in [4.69, 9.17) is 15.3 Å². The monoisotopic (exact) mass is 134 g/mol. The number of Topliss-reactive ketones (excluding diaryl/α,β-unsaturated/α-hetero) is 1. The highest BCUT2D eigenvalue weighted by Gasteiger charge is 2.20. The average Bonchev–Trinajstić information content (AvgIpc) is 1.84. The lowest BCUT2D eigenvalue weighted by atomic mass is 10.2. The highest BCUT2D eigenvalue weighted by atomic mass is 16.4. The molecular formula is C4H6O5. The van der Waals surface area contributed by atoms with E-state index in [2.05, 4.69) is 0 Å². The number of aliphatic hydroxyl groups is 2. The maximum atomic E-state index is 10.1. The van der Waals surface area contributed by atoms with Crippen molar-refractivity contribution in [2.24, 2.45) is 0 Å². The van der Waals surface area contributed by atoms with Crippen molar-refractivity contribution < 1.29 is 24.9 Å². The van der Waals surface area contributed by atoms with Gasteiger partial charge in [-0.3, -0.25) is 4.79 Å². The molecule has 5 nitrogen and oxygen atoms in total. The molecule has 52 valence electrons. The van der Waals surface area contributed by atoms with Gasteiger partial charge in [0.25, 0.3) is 0 Å². The first-order valence-electron chi connectivity index (χ1n) is 2.14. The van der Waals surface area contributed by atoms with Crippen molar-refractivity contribution in [3.63, 3.8) is 0 Å². The molecule has 0 bridgehead atoms. The molecule has 0 aromatic heterocycles. The van der Waals surface area contributed by atoms with Crippen molar-refractivity contribution >= 4 is 11.8 Å². The molecule has 0 saturated heterocycles. The third-order valence-electron chi connectivity index (χ3n) is 0.695. The molecule has 0 aliphatic heterocycles. The fourth-order valence-corrected chi connectivity index (χ4v) is 0.224. The maximum Gasteiger partial charge on any atom is 0.340 e. The topological polar surface area (TPSA) is 94.8 Å². The van der Waals surface area contributed by atoms with Gasteiger partial charge < -0.3 is 15.3 Å². The van der Waals surface area contributed by atoms with Crippen LogP contribution in [0, 0.1) is 0 Å². The molecule has 1 atom stereocenters. The number of carboxylic acids is 1. The molecule has 0 radical (unpaired) electrons. The molecule has 0 spiro atoms. The molecule has 3 N–H and O–H groups in total. The number of aliphatic hydroxyl groups excluding tert-OH is 2. The van der Waals surface area contributed by atoms with Crippen LogP contribution in [0.15, 0.2) is 0 Å². The van der Waals surface area contributed by atoms with Crippen LogP contribution >= 0.6 is 0 Å². The zero-order valence-electron chi connectivity index (χ0n) is 4.44. The molecule has 0 aliphatic carbocycles. The number of carboxylic acid groups (broad SMARTS) is 1. The number of rotatable bonds is 3. The third kappa shape index (κ3) is 2.20. The highest BCUT2D eigenvalue weighted by Crippen LogP contribution is 1.83. The van der Waals surface area contributed by atoms with E-state index in [9.17, 15) is 9.59 Å². The van der Waals surface area contributed by atoms with Gasteiger partial charge in [0.2, 0.25) is 6.10 Å². The number of carbonyl (C=O) groups is 2. The molecule has 0 aliphatic rings. The van der Waals surface area contributed by atoms with Crippen LogP contribution in [0.5, 0.6) is 0 Å². The minimum absolute atomic E-state index is 0.951. The van der Waals surface area contributed by atoms with Gasteiger partial charge >= 0.3 is 5.97 Å². The third-order valence-corrected chi connectivity index (χ3v) is 0.695. The Labute approximate surface area is 50.5 Å². The molecule has 0 fully saturated rings. The summed E-state index contributed by atoms with van der Waals surface area (Å²) >= 11 is 0. The fourth-order valence-electron chi connectivity index (χ4n) is 0.224. The first kappa shape index (κ1) is 8.06. The van der Waals surface area contributed by atoms with Crippen LogP contribution in [-0.4, -0.2) is 39.8 Å². The number of hydrogen-bond donors (Lipinski definition) is 3. The quantitative estimate of drug-likeness (QED) is 0.388. The Kier molecular flexibility index (Phi) is 2.83. The van der Waals surface area contributed by atoms with Gasteiger partial charge in [-0.25, -0.2) is 4.79 Å². The van der Waals surface area contributed by atoms with E-state index in [0.29, 0.717) is 0 Å². The van der Waals surface area contributed by atoms with E-state index >= 15 is 0 Å². The molecule has 0 heterocycles. The van der Waals surface area contributed by atoms with E-state index in [0.717, 1.165) is 0 Å². The fraction of sp³-hybridized carbons (Fsp3) is 0.500. The second-order valence-electron chi connectivity index (χ2n) is 1.37. The van der Waals surface area contributed by atoms with Gasteiger partial charge in [0.15, 0.2) is 5.78 Å². The summed E-state index contributed by atoms with van der Waals surface area (Å²) in [5, 5.41) is 24.2. The molecule has 5 heteroatoms. The largest absolute Gasteiger partial charge is 0.479 e. The molecule has 0 unspecified atom stereocenters. The Balaban J connectivity index is 3.88. The van der Waals surface area contributed by atoms with Gasteiger partial charge in [0.05, 0.1) is 0 Å². The van der Waals surface area contributed by atoms with Crippen molar-refractivity contribution in [1.29, 1.82) is 0 Å². The summed E-state index contributed by atoms with van der Waals surface area (Å²) in [5.41, 5.74) is 0. The first-order chi connectivity index (χ1) is 4.09. The van der Waals surface area contributed by atoms with Crippen LogP contribution in [0.1, 0.15) is 0 Å². The summed E-state index contributed by atoms with van der Waals surface area (Å²) in [6, 6.07) is 0. The minimum Gasteiger partial charge on any atom is -0.479 e. The van der Waals surface area contributed by atoms with E-state index in [-0.39, 0.29) is 0 Å². The Morgan fingerprint density at radius 1 is 1.44 bits per heavy atom. The van der Waals surface area contributed by atoms with Crippen LogP contribution in [0.2, 0.25) is 0 Å². The summed E-state index contributed by atoms with van der Waals surface area (Å²) in [6.07, 6.45) is -2.09. The number of ketones is 1. The van der Waals surface area contributed by atoms with Gasteiger partial charge in [-0.15, -0.1) is 0 Å². The summed E-state index contributed by atoms with van der Waals surface area (Å²) in [6.45, 7) is -0.951. The lowest BCUT2D eigenvalue weighted by Gasteiger charge is -1.98. The van der Waals surface area contributed by atoms with E-state index in [1.165, 1.54) is 0 Å².